The Balaban J connectivity index is 1.82. The van der Waals surface area contributed by atoms with Gasteiger partial charge < -0.3 is 4.74 Å². The van der Waals surface area contributed by atoms with E-state index in [1.165, 1.54) is 17.5 Å². The van der Waals surface area contributed by atoms with Crippen LogP contribution in [0.15, 0.2) is 35.8 Å². The third-order valence-electron chi connectivity index (χ3n) is 2.48. The van der Waals surface area contributed by atoms with E-state index >= 15 is 0 Å². The van der Waals surface area contributed by atoms with Gasteiger partial charge in [-0.05, 0) is 30.5 Å². The maximum atomic E-state index is 11.6. The third kappa shape index (κ3) is 4.22. The molecule has 1 N–H and O–H groups in total. The van der Waals surface area contributed by atoms with Crippen molar-refractivity contribution in [3.05, 3.63) is 52.0 Å². The Morgan fingerprint density at radius 3 is 2.71 bits per heavy atom. The van der Waals surface area contributed by atoms with Crippen LogP contribution in [0.25, 0.3) is 0 Å². The quantitative estimate of drug-likeness (QED) is 0.866. The molecule has 21 heavy (non-hydrogen) atoms. The Hall–Kier alpha value is -2.54. The summed E-state index contributed by atoms with van der Waals surface area (Å²) in [6, 6.07) is 6.52. The molecule has 2 amide bonds. The summed E-state index contributed by atoms with van der Waals surface area (Å²) in [6.45, 7) is 1.27. The summed E-state index contributed by atoms with van der Waals surface area (Å²) in [5, 5.41) is 3.86. The van der Waals surface area contributed by atoms with Gasteiger partial charge in [0.05, 0.1) is 10.4 Å². The van der Waals surface area contributed by atoms with Crippen LogP contribution in [0.4, 0.5) is 0 Å². The highest BCUT2D eigenvalue weighted by Gasteiger charge is 2.14. The number of hydrogen-bond donors (Lipinski definition) is 1. The van der Waals surface area contributed by atoms with Crippen molar-refractivity contribution >= 4 is 29.1 Å². The summed E-state index contributed by atoms with van der Waals surface area (Å²) >= 11 is 1.22. The van der Waals surface area contributed by atoms with Crippen LogP contribution in [-0.4, -0.2) is 29.4 Å². The minimum absolute atomic E-state index is 0.248. The van der Waals surface area contributed by atoms with Gasteiger partial charge in [0.1, 0.15) is 0 Å². The molecule has 0 atom stereocenters. The Labute approximate surface area is 124 Å². The van der Waals surface area contributed by atoms with Gasteiger partial charge in [-0.2, -0.15) is 0 Å². The third-order valence-corrected chi connectivity index (χ3v) is 3.35. The number of imide groups is 1. The standard InChI is InChI=1S/C14H12N2O4S/c1-9-4-5-10(7-15-9)14(19)20-8-12(17)16-13(18)11-3-2-6-21-11/h2-7H,8H2,1H3,(H,16,17,18). The molecule has 0 fully saturated rings. The second kappa shape index (κ2) is 6.76. The van der Waals surface area contributed by atoms with Gasteiger partial charge in [0.2, 0.25) is 0 Å². The number of aromatic nitrogens is 1. The van der Waals surface area contributed by atoms with Crippen molar-refractivity contribution in [2.24, 2.45) is 0 Å². The minimum Gasteiger partial charge on any atom is -0.452 e. The van der Waals surface area contributed by atoms with Crippen LogP contribution in [0.5, 0.6) is 0 Å². The molecule has 0 radical (unpaired) electrons. The summed E-state index contributed by atoms with van der Waals surface area (Å²) in [7, 11) is 0. The van der Waals surface area contributed by atoms with Gasteiger partial charge in [-0.3, -0.25) is 19.9 Å². The summed E-state index contributed by atoms with van der Waals surface area (Å²) < 4.78 is 4.81. The molecule has 2 aromatic heterocycles. The lowest BCUT2D eigenvalue weighted by atomic mass is 10.2. The first-order valence-electron chi connectivity index (χ1n) is 6.04. The minimum atomic E-state index is -0.679. The summed E-state index contributed by atoms with van der Waals surface area (Å²) in [5.41, 5.74) is 1.02. The molecule has 2 heterocycles. The Morgan fingerprint density at radius 2 is 2.10 bits per heavy atom. The van der Waals surface area contributed by atoms with E-state index in [0.717, 1.165) is 5.69 Å². The van der Waals surface area contributed by atoms with Gasteiger partial charge in [-0.25, -0.2) is 4.79 Å². The number of ether oxygens (including phenoxy) is 1. The average molecular weight is 304 g/mol. The van der Waals surface area contributed by atoms with E-state index in [1.54, 1.807) is 36.6 Å². The zero-order valence-electron chi connectivity index (χ0n) is 11.2. The molecule has 7 heteroatoms. The predicted molar refractivity (Wildman–Crippen MR) is 76.0 cm³/mol. The van der Waals surface area contributed by atoms with E-state index in [-0.39, 0.29) is 5.56 Å². The molecule has 108 valence electrons. The first-order valence-corrected chi connectivity index (χ1v) is 6.91. The monoisotopic (exact) mass is 304 g/mol. The number of amides is 2. The van der Waals surface area contributed by atoms with Crippen molar-refractivity contribution in [3.8, 4) is 0 Å². The molecule has 2 aromatic rings. The lowest BCUT2D eigenvalue weighted by Crippen LogP contribution is -2.33. The molecule has 0 aromatic carbocycles. The maximum Gasteiger partial charge on any atom is 0.340 e. The van der Waals surface area contributed by atoms with Gasteiger partial charge >= 0.3 is 5.97 Å². The van der Waals surface area contributed by atoms with Crippen LogP contribution in [-0.2, 0) is 9.53 Å². The van der Waals surface area contributed by atoms with Crippen LogP contribution < -0.4 is 5.32 Å². The second-order valence-electron chi connectivity index (χ2n) is 4.12. The molecule has 6 nitrogen and oxygen atoms in total. The van der Waals surface area contributed by atoms with Crippen LogP contribution in [0.2, 0.25) is 0 Å². The van der Waals surface area contributed by atoms with E-state index in [0.29, 0.717) is 4.88 Å². The van der Waals surface area contributed by atoms with Crippen LogP contribution in [0.1, 0.15) is 25.7 Å². The number of aryl methyl sites for hydroxylation is 1. The number of thiophene rings is 1. The molecule has 0 aliphatic carbocycles. The van der Waals surface area contributed by atoms with Crippen molar-refractivity contribution in [2.45, 2.75) is 6.92 Å². The highest BCUT2D eigenvalue weighted by Crippen LogP contribution is 2.07. The van der Waals surface area contributed by atoms with Crippen molar-refractivity contribution in [3.63, 3.8) is 0 Å². The largest absolute Gasteiger partial charge is 0.452 e. The average Bonchev–Trinajstić information content (AvgIpc) is 3.00. The second-order valence-corrected chi connectivity index (χ2v) is 5.07. The van der Waals surface area contributed by atoms with Crippen molar-refractivity contribution in [1.82, 2.24) is 10.3 Å². The van der Waals surface area contributed by atoms with Gasteiger partial charge in [0.15, 0.2) is 6.61 Å². The fourth-order valence-electron chi connectivity index (χ4n) is 1.44. The Morgan fingerprint density at radius 1 is 1.29 bits per heavy atom. The van der Waals surface area contributed by atoms with E-state index < -0.39 is 24.4 Å². The number of esters is 1. The molecule has 0 spiro atoms. The first-order chi connectivity index (χ1) is 10.1. The van der Waals surface area contributed by atoms with Gasteiger partial charge in [0.25, 0.3) is 11.8 Å². The molecule has 0 saturated carbocycles. The number of rotatable bonds is 4. The topological polar surface area (TPSA) is 85.4 Å². The number of pyridine rings is 1. The van der Waals surface area contributed by atoms with Gasteiger partial charge in [-0.15, -0.1) is 11.3 Å². The maximum absolute atomic E-state index is 11.6. The van der Waals surface area contributed by atoms with Crippen molar-refractivity contribution in [1.29, 1.82) is 0 Å². The molecule has 0 unspecified atom stereocenters. The fourth-order valence-corrected chi connectivity index (χ4v) is 2.05. The fraction of sp³-hybridized carbons (Fsp3) is 0.143. The number of carbonyl (C=O) groups excluding carboxylic acids is 3. The zero-order chi connectivity index (χ0) is 15.2. The highest BCUT2D eigenvalue weighted by atomic mass is 32.1. The molecule has 0 aliphatic rings. The number of hydrogen-bond acceptors (Lipinski definition) is 6. The van der Waals surface area contributed by atoms with Crippen molar-refractivity contribution < 1.29 is 19.1 Å². The Kier molecular flexibility index (Phi) is 4.78. The smallest absolute Gasteiger partial charge is 0.340 e. The predicted octanol–water partition coefficient (Wildman–Crippen LogP) is 1.56. The van der Waals surface area contributed by atoms with Gasteiger partial charge in [0, 0.05) is 11.9 Å². The molecular formula is C14H12N2O4S. The summed E-state index contributed by atoms with van der Waals surface area (Å²) in [4.78, 5) is 39.1. The number of nitrogens with one attached hydrogen (secondary N) is 1. The molecule has 2 rings (SSSR count). The van der Waals surface area contributed by atoms with Crippen LogP contribution >= 0.6 is 11.3 Å². The van der Waals surface area contributed by atoms with Crippen molar-refractivity contribution in [2.75, 3.05) is 6.61 Å². The van der Waals surface area contributed by atoms with Crippen LogP contribution in [0, 0.1) is 6.92 Å². The SMILES string of the molecule is Cc1ccc(C(=O)OCC(=O)NC(=O)c2cccs2)cn1. The lowest BCUT2D eigenvalue weighted by Gasteiger charge is -2.05. The normalized spacial score (nSPS) is 9.95. The van der Waals surface area contributed by atoms with Gasteiger partial charge in [-0.1, -0.05) is 6.07 Å². The number of carbonyl (C=O) groups is 3. The molecule has 0 saturated heterocycles. The number of nitrogens with zero attached hydrogens (tertiary/aromatic N) is 1. The van der Waals surface area contributed by atoms with Crippen LogP contribution in [0.3, 0.4) is 0 Å². The molecular weight excluding hydrogens is 292 g/mol. The Bertz CT molecular complexity index is 650. The summed E-state index contributed by atoms with van der Waals surface area (Å²) in [6.07, 6.45) is 1.37. The first kappa shape index (κ1) is 14.9. The molecule has 0 aliphatic heterocycles. The van der Waals surface area contributed by atoms with E-state index in [1.807, 2.05) is 0 Å². The van der Waals surface area contributed by atoms with E-state index in [2.05, 4.69) is 10.3 Å². The molecule has 0 bridgehead atoms. The lowest BCUT2D eigenvalue weighted by molar-refractivity contribution is -0.123. The van der Waals surface area contributed by atoms with E-state index in [4.69, 9.17) is 4.74 Å². The highest BCUT2D eigenvalue weighted by molar-refractivity contribution is 7.12. The van der Waals surface area contributed by atoms with E-state index in [9.17, 15) is 14.4 Å². The summed E-state index contributed by atoms with van der Waals surface area (Å²) in [5.74, 6) is -1.86. The zero-order valence-corrected chi connectivity index (χ0v) is 12.0.